The average Bonchev–Trinajstić information content (AvgIpc) is 2.17. The highest BCUT2D eigenvalue weighted by molar-refractivity contribution is 5.42. The van der Waals surface area contributed by atoms with Gasteiger partial charge < -0.3 is 20.1 Å². The van der Waals surface area contributed by atoms with E-state index >= 15 is 0 Å². The third-order valence-corrected chi connectivity index (χ3v) is 2.00. The lowest BCUT2D eigenvalue weighted by Gasteiger charge is -2.15. The Bertz CT molecular complexity index is 309. The van der Waals surface area contributed by atoms with E-state index in [2.05, 4.69) is 0 Å². The van der Waals surface area contributed by atoms with Gasteiger partial charge in [0.15, 0.2) is 11.5 Å². The Morgan fingerprint density at radius 1 is 1.29 bits per heavy atom. The highest BCUT2D eigenvalue weighted by atomic mass is 16.5. The molecule has 78 valence electrons. The van der Waals surface area contributed by atoms with Crippen LogP contribution in [0, 0.1) is 0 Å². The molecule has 0 aliphatic carbocycles. The first-order valence-corrected chi connectivity index (χ1v) is 4.29. The number of ether oxygens (including phenoxy) is 1. The molecule has 0 spiro atoms. The van der Waals surface area contributed by atoms with Crippen molar-refractivity contribution in [2.45, 2.75) is 19.1 Å². The second kappa shape index (κ2) is 4.30. The zero-order valence-electron chi connectivity index (χ0n) is 8.14. The van der Waals surface area contributed by atoms with Crippen LogP contribution >= 0.6 is 0 Å². The number of hydrogen-bond donors (Lipinski definition) is 3. The van der Waals surface area contributed by atoms with Crippen molar-refractivity contribution in [1.82, 2.24) is 0 Å². The van der Waals surface area contributed by atoms with Gasteiger partial charge >= 0.3 is 0 Å². The molecule has 4 nitrogen and oxygen atoms in total. The molecule has 0 saturated heterocycles. The van der Waals surface area contributed by atoms with Crippen molar-refractivity contribution in [2.75, 3.05) is 7.11 Å². The predicted octanol–water partition coefficient (Wildman–Crippen LogP) is 0.815. The predicted molar refractivity (Wildman–Crippen MR) is 51.3 cm³/mol. The molecule has 0 radical (unpaired) electrons. The summed E-state index contributed by atoms with van der Waals surface area (Å²) in [6.07, 6.45) is -1.83. The maximum absolute atomic E-state index is 9.52. The summed E-state index contributed by atoms with van der Waals surface area (Å²) in [5.41, 5.74) is 0.509. The number of benzene rings is 1. The molecule has 0 bridgehead atoms. The fraction of sp³-hybridized carbons (Fsp3) is 0.400. The molecule has 2 unspecified atom stereocenters. The van der Waals surface area contributed by atoms with E-state index in [0.29, 0.717) is 5.56 Å². The second-order valence-corrected chi connectivity index (χ2v) is 3.12. The molecule has 0 fully saturated rings. The Balaban J connectivity index is 3.00. The van der Waals surface area contributed by atoms with Gasteiger partial charge in [-0.15, -0.1) is 0 Å². The lowest BCUT2D eigenvalue weighted by molar-refractivity contribution is 0.0304. The van der Waals surface area contributed by atoms with Crippen molar-refractivity contribution >= 4 is 0 Å². The smallest absolute Gasteiger partial charge is 0.160 e. The Hall–Kier alpha value is -1.26. The number of aliphatic hydroxyl groups is 2. The van der Waals surface area contributed by atoms with Crippen LogP contribution < -0.4 is 4.74 Å². The van der Waals surface area contributed by atoms with Crippen molar-refractivity contribution in [3.63, 3.8) is 0 Å². The minimum absolute atomic E-state index is 0.00837. The molecule has 0 saturated carbocycles. The topological polar surface area (TPSA) is 69.9 Å². The van der Waals surface area contributed by atoms with E-state index in [-0.39, 0.29) is 11.5 Å². The van der Waals surface area contributed by atoms with Gasteiger partial charge in [0.05, 0.1) is 13.2 Å². The molecule has 1 aromatic carbocycles. The summed E-state index contributed by atoms with van der Waals surface area (Å²) in [6.45, 7) is 1.49. The zero-order chi connectivity index (χ0) is 10.7. The van der Waals surface area contributed by atoms with Crippen LogP contribution in [0.3, 0.4) is 0 Å². The Morgan fingerprint density at radius 2 is 1.93 bits per heavy atom. The van der Waals surface area contributed by atoms with E-state index in [4.69, 9.17) is 9.84 Å². The first kappa shape index (κ1) is 10.8. The lowest BCUT2D eigenvalue weighted by Crippen LogP contribution is -2.13. The maximum Gasteiger partial charge on any atom is 0.160 e. The van der Waals surface area contributed by atoms with Crippen molar-refractivity contribution in [1.29, 1.82) is 0 Å². The van der Waals surface area contributed by atoms with Gasteiger partial charge in [0.2, 0.25) is 0 Å². The van der Waals surface area contributed by atoms with Crippen LogP contribution in [0.15, 0.2) is 18.2 Å². The summed E-state index contributed by atoms with van der Waals surface area (Å²) in [4.78, 5) is 0. The monoisotopic (exact) mass is 198 g/mol. The van der Waals surface area contributed by atoms with E-state index in [1.807, 2.05) is 0 Å². The number of aromatic hydroxyl groups is 1. The molecule has 0 aromatic heterocycles. The second-order valence-electron chi connectivity index (χ2n) is 3.12. The molecule has 14 heavy (non-hydrogen) atoms. The maximum atomic E-state index is 9.52. The summed E-state index contributed by atoms with van der Waals surface area (Å²) >= 11 is 0. The largest absolute Gasteiger partial charge is 0.504 e. The van der Waals surface area contributed by atoms with Gasteiger partial charge in [0.25, 0.3) is 0 Å². The highest BCUT2D eigenvalue weighted by Crippen LogP contribution is 2.29. The molecule has 2 atom stereocenters. The van der Waals surface area contributed by atoms with E-state index < -0.39 is 12.2 Å². The number of aliphatic hydroxyl groups excluding tert-OH is 2. The fourth-order valence-electron chi connectivity index (χ4n) is 1.16. The third kappa shape index (κ3) is 2.16. The molecule has 4 heteroatoms. The number of hydrogen-bond acceptors (Lipinski definition) is 4. The first-order chi connectivity index (χ1) is 6.56. The van der Waals surface area contributed by atoms with Crippen LogP contribution in [0.2, 0.25) is 0 Å². The van der Waals surface area contributed by atoms with Crippen molar-refractivity contribution < 1.29 is 20.1 Å². The first-order valence-electron chi connectivity index (χ1n) is 4.29. The zero-order valence-corrected chi connectivity index (χ0v) is 8.14. The van der Waals surface area contributed by atoms with Gasteiger partial charge in [0.1, 0.15) is 6.10 Å². The standard InChI is InChI=1S/C10H14O4/c1-6(11)10(13)7-3-4-8(12)9(5-7)14-2/h3-6,10-13H,1-2H3. The van der Waals surface area contributed by atoms with E-state index in [1.54, 1.807) is 0 Å². The molecule has 0 heterocycles. The van der Waals surface area contributed by atoms with Gasteiger partial charge in [-0.2, -0.15) is 0 Å². The van der Waals surface area contributed by atoms with Crippen LogP contribution in [0.25, 0.3) is 0 Å². The van der Waals surface area contributed by atoms with Crippen LogP contribution in [0.1, 0.15) is 18.6 Å². The summed E-state index contributed by atoms with van der Waals surface area (Å²) < 4.78 is 4.87. The highest BCUT2D eigenvalue weighted by Gasteiger charge is 2.15. The van der Waals surface area contributed by atoms with Crippen LogP contribution in [0.4, 0.5) is 0 Å². The lowest BCUT2D eigenvalue weighted by atomic mass is 10.1. The summed E-state index contributed by atoms with van der Waals surface area (Å²) in [6, 6.07) is 4.45. The Kier molecular flexibility index (Phi) is 3.33. The molecule has 1 aromatic rings. The van der Waals surface area contributed by atoms with Gasteiger partial charge in [-0.3, -0.25) is 0 Å². The van der Waals surface area contributed by atoms with Gasteiger partial charge in [-0.25, -0.2) is 0 Å². The fourth-order valence-corrected chi connectivity index (χ4v) is 1.16. The molecule has 0 amide bonds. The average molecular weight is 198 g/mol. The van der Waals surface area contributed by atoms with E-state index in [1.165, 1.54) is 32.2 Å². The number of phenolic OH excluding ortho intramolecular Hbond substituents is 1. The van der Waals surface area contributed by atoms with Crippen LogP contribution in [-0.4, -0.2) is 28.5 Å². The van der Waals surface area contributed by atoms with Crippen molar-refractivity contribution in [2.24, 2.45) is 0 Å². The van der Waals surface area contributed by atoms with Crippen LogP contribution in [-0.2, 0) is 0 Å². The normalized spacial score (nSPS) is 14.9. The van der Waals surface area contributed by atoms with Gasteiger partial charge in [-0.1, -0.05) is 6.07 Å². The third-order valence-electron chi connectivity index (χ3n) is 2.00. The van der Waals surface area contributed by atoms with E-state index in [0.717, 1.165) is 0 Å². The van der Waals surface area contributed by atoms with Crippen molar-refractivity contribution in [3.8, 4) is 11.5 Å². The molecular weight excluding hydrogens is 184 g/mol. The number of phenols is 1. The molecule has 3 N–H and O–H groups in total. The molecular formula is C10H14O4. The summed E-state index contributed by atoms with van der Waals surface area (Å²) in [5, 5.41) is 28.0. The Labute approximate surface area is 82.4 Å². The van der Waals surface area contributed by atoms with Gasteiger partial charge in [-0.05, 0) is 24.6 Å². The number of methoxy groups -OCH3 is 1. The molecule has 1 rings (SSSR count). The quantitative estimate of drug-likeness (QED) is 0.672. The van der Waals surface area contributed by atoms with Crippen molar-refractivity contribution in [3.05, 3.63) is 23.8 Å². The minimum Gasteiger partial charge on any atom is -0.504 e. The molecule has 0 aliphatic heterocycles. The van der Waals surface area contributed by atoms with Crippen LogP contribution in [0.5, 0.6) is 11.5 Å². The van der Waals surface area contributed by atoms with Gasteiger partial charge in [0, 0.05) is 0 Å². The Morgan fingerprint density at radius 3 is 2.43 bits per heavy atom. The summed E-state index contributed by atoms with van der Waals surface area (Å²) in [5.74, 6) is 0.288. The molecule has 0 aliphatic rings. The minimum atomic E-state index is -0.968. The van der Waals surface area contributed by atoms with E-state index in [9.17, 15) is 10.2 Å². The number of rotatable bonds is 3. The summed E-state index contributed by atoms with van der Waals surface area (Å²) in [7, 11) is 1.42. The SMILES string of the molecule is COc1cc(C(O)C(C)O)ccc1O.